The molecule has 0 bridgehead atoms. The van der Waals surface area contributed by atoms with Gasteiger partial charge in [0.25, 0.3) is 0 Å². The first kappa shape index (κ1) is 13.3. The molecule has 2 nitrogen and oxygen atoms in total. The highest BCUT2D eigenvalue weighted by atomic mass is 79.9. The van der Waals surface area contributed by atoms with Gasteiger partial charge in [-0.05, 0) is 51.3 Å². The summed E-state index contributed by atoms with van der Waals surface area (Å²) >= 11 is 5.33. The average molecular weight is 338 g/mol. The van der Waals surface area contributed by atoms with Crippen molar-refractivity contribution in [2.75, 3.05) is 6.54 Å². The van der Waals surface area contributed by atoms with Crippen molar-refractivity contribution >= 4 is 27.3 Å². The molecule has 0 saturated heterocycles. The summed E-state index contributed by atoms with van der Waals surface area (Å²) in [5.41, 5.74) is 3.97. The highest BCUT2D eigenvalue weighted by Crippen LogP contribution is 2.33. The maximum atomic E-state index is 5.49. The molecule has 3 rings (SSSR count). The number of hydrogen-bond donors (Lipinski definition) is 1. The molecule has 0 amide bonds. The van der Waals surface area contributed by atoms with E-state index in [-0.39, 0.29) is 6.04 Å². The lowest BCUT2D eigenvalue weighted by Gasteiger charge is -2.17. The molecule has 1 aromatic carbocycles. The van der Waals surface area contributed by atoms with Gasteiger partial charge in [0.15, 0.2) is 0 Å². The third-order valence-electron chi connectivity index (χ3n) is 3.37. The van der Waals surface area contributed by atoms with Gasteiger partial charge in [0.2, 0.25) is 0 Å². The van der Waals surface area contributed by atoms with E-state index in [0.717, 1.165) is 19.8 Å². The smallest absolute Gasteiger partial charge is 0.0725 e. The Kier molecular flexibility index (Phi) is 4.03. The van der Waals surface area contributed by atoms with E-state index in [1.54, 1.807) is 11.3 Å². The summed E-state index contributed by atoms with van der Waals surface area (Å²) in [5.74, 6) is 0. The maximum Gasteiger partial charge on any atom is 0.0725 e. The number of thiophene rings is 1. The van der Waals surface area contributed by atoms with Gasteiger partial charge in [0.05, 0.1) is 23.0 Å². The van der Waals surface area contributed by atoms with E-state index in [0.29, 0.717) is 0 Å². The quantitative estimate of drug-likeness (QED) is 0.900. The summed E-state index contributed by atoms with van der Waals surface area (Å²) in [5, 5.41) is 3.57. The lowest BCUT2D eigenvalue weighted by molar-refractivity contribution is 0.134. The summed E-state index contributed by atoms with van der Waals surface area (Å²) in [4.78, 5) is 1.34. The number of nitrogens with one attached hydrogen (secondary N) is 1. The third kappa shape index (κ3) is 2.77. The molecule has 2 heterocycles. The lowest BCUT2D eigenvalue weighted by Crippen LogP contribution is -2.21. The summed E-state index contributed by atoms with van der Waals surface area (Å²) in [6, 6.07) is 11.3. The minimum absolute atomic E-state index is 0.271. The van der Waals surface area contributed by atoms with Gasteiger partial charge in [-0.3, -0.25) is 0 Å². The fraction of sp³-hybridized carbons (Fsp3) is 0.333. The fourth-order valence-corrected chi connectivity index (χ4v) is 3.97. The molecule has 0 saturated carbocycles. The molecule has 0 fully saturated rings. The zero-order valence-corrected chi connectivity index (χ0v) is 13.2. The maximum absolute atomic E-state index is 5.49. The standard InChI is InChI=1S/C15H16BrNOS/c1-2-17-15(13-5-6-14(16)19-13)10-3-4-11-8-18-9-12(11)7-10/h3-7,15,17H,2,8-9H2,1H3. The number of benzene rings is 1. The number of hydrogen-bond acceptors (Lipinski definition) is 3. The predicted molar refractivity (Wildman–Crippen MR) is 82.5 cm³/mol. The van der Waals surface area contributed by atoms with Gasteiger partial charge in [-0.15, -0.1) is 11.3 Å². The monoisotopic (exact) mass is 337 g/mol. The largest absolute Gasteiger partial charge is 0.372 e. The molecule has 100 valence electrons. The first-order valence-corrected chi connectivity index (χ1v) is 8.07. The van der Waals surface area contributed by atoms with Gasteiger partial charge < -0.3 is 10.1 Å². The van der Waals surface area contributed by atoms with E-state index in [4.69, 9.17) is 4.74 Å². The summed E-state index contributed by atoms with van der Waals surface area (Å²) in [6.45, 7) is 4.60. The summed E-state index contributed by atoms with van der Waals surface area (Å²) < 4.78 is 6.67. The molecule has 1 aromatic heterocycles. The van der Waals surface area contributed by atoms with E-state index in [1.807, 2.05) is 0 Å². The van der Waals surface area contributed by atoms with Crippen molar-refractivity contribution in [3.8, 4) is 0 Å². The molecule has 0 aliphatic carbocycles. The molecule has 19 heavy (non-hydrogen) atoms. The van der Waals surface area contributed by atoms with Crippen LogP contribution in [0, 0.1) is 0 Å². The second-order valence-corrected chi connectivity index (χ2v) is 7.15. The second kappa shape index (κ2) is 5.75. The van der Waals surface area contributed by atoms with Crippen LogP contribution < -0.4 is 5.32 Å². The zero-order valence-electron chi connectivity index (χ0n) is 10.8. The van der Waals surface area contributed by atoms with Gasteiger partial charge in [0.1, 0.15) is 0 Å². The Morgan fingerprint density at radius 3 is 2.84 bits per heavy atom. The van der Waals surface area contributed by atoms with E-state index < -0.39 is 0 Å². The molecule has 0 radical (unpaired) electrons. The van der Waals surface area contributed by atoms with E-state index in [2.05, 4.69) is 58.5 Å². The second-order valence-electron chi connectivity index (χ2n) is 4.65. The minimum atomic E-state index is 0.271. The van der Waals surface area contributed by atoms with Crippen molar-refractivity contribution in [3.05, 3.63) is 55.7 Å². The van der Waals surface area contributed by atoms with Gasteiger partial charge in [-0.1, -0.05) is 25.1 Å². The van der Waals surface area contributed by atoms with Crippen molar-refractivity contribution in [1.29, 1.82) is 0 Å². The van der Waals surface area contributed by atoms with Crippen LogP contribution in [0.2, 0.25) is 0 Å². The third-order valence-corrected chi connectivity index (χ3v) is 5.05. The number of ether oxygens (including phenoxy) is 1. The van der Waals surface area contributed by atoms with E-state index in [1.165, 1.54) is 25.4 Å². The Morgan fingerprint density at radius 1 is 1.26 bits per heavy atom. The van der Waals surface area contributed by atoms with Crippen molar-refractivity contribution in [2.24, 2.45) is 0 Å². The van der Waals surface area contributed by atoms with Crippen LogP contribution >= 0.6 is 27.3 Å². The molecule has 4 heteroatoms. The van der Waals surface area contributed by atoms with Crippen LogP contribution in [0.3, 0.4) is 0 Å². The van der Waals surface area contributed by atoms with E-state index in [9.17, 15) is 0 Å². The molecule has 0 spiro atoms. The molecule has 1 aliphatic heterocycles. The molecular formula is C15H16BrNOS. The SMILES string of the molecule is CCNC(c1ccc2c(c1)COC2)c1ccc(Br)s1. The number of halogens is 1. The van der Waals surface area contributed by atoms with Gasteiger partial charge in [-0.25, -0.2) is 0 Å². The highest BCUT2D eigenvalue weighted by Gasteiger charge is 2.18. The van der Waals surface area contributed by atoms with E-state index >= 15 is 0 Å². The van der Waals surface area contributed by atoms with Crippen molar-refractivity contribution < 1.29 is 4.74 Å². The lowest BCUT2D eigenvalue weighted by atomic mass is 10.00. The van der Waals surface area contributed by atoms with Gasteiger partial charge in [0, 0.05) is 4.88 Å². The Balaban J connectivity index is 1.95. The molecular weight excluding hydrogens is 322 g/mol. The van der Waals surface area contributed by atoms with Crippen LogP contribution in [0.25, 0.3) is 0 Å². The molecule has 1 atom stereocenters. The fourth-order valence-electron chi connectivity index (χ4n) is 2.44. The highest BCUT2D eigenvalue weighted by molar-refractivity contribution is 9.11. The average Bonchev–Trinajstić information content (AvgIpc) is 3.03. The summed E-state index contributed by atoms with van der Waals surface area (Å²) in [7, 11) is 0. The molecule has 1 N–H and O–H groups in total. The predicted octanol–water partition coefficient (Wildman–Crippen LogP) is 4.24. The van der Waals surface area contributed by atoms with Crippen LogP contribution in [0.4, 0.5) is 0 Å². The first-order chi connectivity index (χ1) is 9.28. The number of rotatable bonds is 4. The topological polar surface area (TPSA) is 21.3 Å². The van der Waals surface area contributed by atoms with Crippen LogP contribution in [0.1, 0.15) is 34.5 Å². The van der Waals surface area contributed by atoms with Crippen molar-refractivity contribution in [2.45, 2.75) is 26.2 Å². The Morgan fingerprint density at radius 2 is 2.11 bits per heavy atom. The Labute approximate surface area is 125 Å². The van der Waals surface area contributed by atoms with Crippen LogP contribution in [-0.2, 0) is 18.0 Å². The number of fused-ring (bicyclic) bond motifs is 1. The van der Waals surface area contributed by atoms with Gasteiger partial charge >= 0.3 is 0 Å². The first-order valence-electron chi connectivity index (χ1n) is 6.46. The van der Waals surface area contributed by atoms with Gasteiger partial charge in [-0.2, -0.15) is 0 Å². The van der Waals surface area contributed by atoms with Crippen LogP contribution in [0.15, 0.2) is 34.1 Å². The van der Waals surface area contributed by atoms with Crippen LogP contribution in [0.5, 0.6) is 0 Å². The minimum Gasteiger partial charge on any atom is -0.372 e. The van der Waals surface area contributed by atoms with Crippen molar-refractivity contribution in [3.63, 3.8) is 0 Å². The normalized spacial score (nSPS) is 15.5. The summed E-state index contributed by atoms with van der Waals surface area (Å²) in [6.07, 6.45) is 0. The van der Waals surface area contributed by atoms with Crippen molar-refractivity contribution in [1.82, 2.24) is 5.32 Å². The molecule has 2 aromatic rings. The molecule has 1 unspecified atom stereocenters. The Bertz CT molecular complexity index is 581. The van der Waals surface area contributed by atoms with Crippen LogP contribution in [-0.4, -0.2) is 6.54 Å². The zero-order chi connectivity index (χ0) is 13.2. The molecule has 1 aliphatic rings. The Hall–Kier alpha value is -0.680.